The second-order valence-corrected chi connectivity index (χ2v) is 3.62. The van der Waals surface area contributed by atoms with Crippen LogP contribution in [-0.2, 0) is 9.53 Å². The van der Waals surface area contributed by atoms with E-state index in [2.05, 4.69) is 0 Å². The summed E-state index contributed by atoms with van der Waals surface area (Å²) in [7, 11) is 0. The van der Waals surface area contributed by atoms with Gasteiger partial charge in [0.05, 0.1) is 5.92 Å². The van der Waals surface area contributed by atoms with Crippen molar-refractivity contribution in [3.63, 3.8) is 0 Å². The highest BCUT2D eigenvalue weighted by molar-refractivity contribution is 5.73. The van der Waals surface area contributed by atoms with Crippen LogP contribution in [0.15, 0.2) is 0 Å². The minimum atomic E-state index is 0.0741. The number of hydrogen-bond donors (Lipinski definition) is 0. The van der Waals surface area contributed by atoms with E-state index in [1.165, 1.54) is 12.8 Å². The van der Waals surface area contributed by atoms with E-state index in [1.807, 2.05) is 0 Å². The summed E-state index contributed by atoms with van der Waals surface area (Å²) in [4.78, 5) is 11.3. The monoisotopic (exact) mass is 154 g/mol. The van der Waals surface area contributed by atoms with Crippen LogP contribution in [-0.4, -0.2) is 12.1 Å². The van der Waals surface area contributed by atoms with E-state index in [1.54, 1.807) is 0 Å². The van der Waals surface area contributed by atoms with Gasteiger partial charge < -0.3 is 4.74 Å². The summed E-state index contributed by atoms with van der Waals surface area (Å²) < 4.78 is 5.30. The fourth-order valence-electron chi connectivity index (χ4n) is 2.09. The van der Waals surface area contributed by atoms with Crippen molar-refractivity contribution in [3.8, 4) is 0 Å². The van der Waals surface area contributed by atoms with Crippen LogP contribution in [0, 0.1) is 5.92 Å². The standard InChI is InChI=1S/C9H14O2/c10-9-7-3-1-5-8(11-9)6-2-4-7/h7-8H,1-6H2. The number of ether oxygens (including phenoxy) is 1. The molecule has 0 atom stereocenters. The molecular weight excluding hydrogens is 140 g/mol. The average Bonchev–Trinajstić information content (AvgIpc) is 2.16. The van der Waals surface area contributed by atoms with Crippen molar-refractivity contribution in [2.24, 2.45) is 5.92 Å². The van der Waals surface area contributed by atoms with E-state index < -0.39 is 0 Å². The van der Waals surface area contributed by atoms with Gasteiger partial charge in [0.1, 0.15) is 6.10 Å². The molecule has 2 nitrogen and oxygen atoms in total. The molecule has 0 spiro atoms. The molecule has 2 aliphatic heterocycles. The fourth-order valence-corrected chi connectivity index (χ4v) is 2.09. The molecule has 0 saturated carbocycles. The zero-order valence-electron chi connectivity index (χ0n) is 6.71. The fraction of sp³-hybridized carbons (Fsp3) is 0.889. The molecule has 0 unspecified atom stereocenters. The van der Waals surface area contributed by atoms with Gasteiger partial charge in [0.15, 0.2) is 0 Å². The summed E-state index contributed by atoms with van der Waals surface area (Å²) in [6.45, 7) is 0. The molecule has 0 N–H and O–H groups in total. The van der Waals surface area contributed by atoms with E-state index in [0.29, 0.717) is 0 Å². The highest BCUT2D eigenvalue weighted by Crippen LogP contribution is 2.30. The van der Waals surface area contributed by atoms with Crippen LogP contribution in [0.4, 0.5) is 0 Å². The molecule has 0 aromatic heterocycles. The van der Waals surface area contributed by atoms with Gasteiger partial charge in [0.25, 0.3) is 0 Å². The second kappa shape index (κ2) is 2.84. The van der Waals surface area contributed by atoms with Gasteiger partial charge in [-0.25, -0.2) is 0 Å². The molecule has 2 heterocycles. The number of carbonyl (C=O) groups is 1. The lowest BCUT2D eigenvalue weighted by atomic mass is 9.92. The predicted molar refractivity (Wildman–Crippen MR) is 41.1 cm³/mol. The van der Waals surface area contributed by atoms with Gasteiger partial charge in [-0.2, -0.15) is 0 Å². The highest BCUT2D eigenvalue weighted by Gasteiger charge is 2.30. The Labute approximate surface area is 66.9 Å². The molecule has 0 radical (unpaired) electrons. The summed E-state index contributed by atoms with van der Waals surface area (Å²) in [5.41, 5.74) is 0. The minimum Gasteiger partial charge on any atom is -0.462 e. The number of hydrogen-bond acceptors (Lipinski definition) is 2. The summed E-state index contributed by atoms with van der Waals surface area (Å²) in [6, 6.07) is 0. The smallest absolute Gasteiger partial charge is 0.309 e. The van der Waals surface area contributed by atoms with Crippen molar-refractivity contribution in [1.82, 2.24) is 0 Å². The summed E-state index contributed by atoms with van der Waals surface area (Å²) in [5, 5.41) is 0. The first kappa shape index (κ1) is 7.14. The first-order valence-corrected chi connectivity index (χ1v) is 4.57. The molecule has 2 bridgehead atoms. The molecular formula is C9H14O2. The van der Waals surface area contributed by atoms with Crippen LogP contribution >= 0.6 is 0 Å². The minimum absolute atomic E-state index is 0.0741. The van der Waals surface area contributed by atoms with Crippen molar-refractivity contribution in [2.75, 3.05) is 0 Å². The Morgan fingerprint density at radius 1 is 1.09 bits per heavy atom. The molecule has 0 aliphatic carbocycles. The maximum absolute atomic E-state index is 11.3. The third kappa shape index (κ3) is 1.39. The van der Waals surface area contributed by atoms with Crippen LogP contribution in [0.25, 0.3) is 0 Å². The lowest BCUT2D eigenvalue weighted by molar-refractivity contribution is -0.151. The molecule has 62 valence electrons. The topological polar surface area (TPSA) is 26.3 Å². The van der Waals surface area contributed by atoms with Gasteiger partial charge >= 0.3 is 5.97 Å². The van der Waals surface area contributed by atoms with Gasteiger partial charge in [-0.05, 0) is 38.5 Å². The molecule has 2 aliphatic rings. The SMILES string of the molecule is O=C1OC2CCCC1CCC2. The van der Waals surface area contributed by atoms with E-state index >= 15 is 0 Å². The molecule has 11 heavy (non-hydrogen) atoms. The normalized spacial score (nSPS) is 37.6. The highest BCUT2D eigenvalue weighted by atomic mass is 16.5. The largest absolute Gasteiger partial charge is 0.462 e. The molecule has 2 saturated heterocycles. The molecule has 2 rings (SSSR count). The zero-order valence-corrected chi connectivity index (χ0v) is 6.71. The number of fused-ring (bicyclic) bond motifs is 3. The molecule has 2 fully saturated rings. The quantitative estimate of drug-likeness (QED) is 0.498. The average molecular weight is 154 g/mol. The van der Waals surface area contributed by atoms with Crippen LogP contribution in [0.5, 0.6) is 0 Å². The van der Waals surface area contributed by atoms with Crippen molar-refractivity contribution < 1.29 is 9.53 Å². The van der Waals surface area contributed by atoms with E-state index in [9.17, 15) is 4.79 Å². The van der Waals surface area contributed by atoms with Gasteiger partial charge in [-0.3, -0.25) is 4.79 Å². The maximum atomic E-state index is 11.3. The number of rotatable bonds is 0. The summed E-state index contributed by atoms with van der Waals surface area (Å²) >= 11 is 0. The Balaban J connectivity index is 2.14. The molecule has 0 aromatic rings. The Morgan fingerprint density at radius 3 is 2.36 bits per heavy atom. The van der Waals surface area contributed by atoms with Gasteiger partial charge in [0, 0.05) is 0 Å². The van der Waals surface area contributed by atoms with Crippen LogP contribution in [0.2, 0.25) is 0 Å². The van der Waals surface area contributed by atoms with Gasteiger partial charge in [-0.15, -0.1) is 0 Å². The van der Waals surface area contributed by atoms with Gasteiger partial charge in [0.2, 0.25) is 0 Å². The van der Waals surface area contributed by atoms with Crippen molar-refractivity contribution in [2.45, 2.75) is 44.6 Å². The van der Waals surface area contributed by atoms with E-state index in [-0.39, 0.29) is 18.0 Å². The Hall–Kier alpha value is -0.530. The Bertz CT molecular complexity index is 155. The lowest BCUT2D eigenvalue weighted by Gasteiger charge is -2.11. The van der Waals surface area contributed by atoms with Crippen molar-refractivity contribution >= 4 is 5.97 Å². The Kier molecular flexibility index (Phi) is 1.84. The molecule has 2 heteroatoms. The van der Waals surface area contributed by atoms with Gasteiger partial charge in [-0.1, -0.05) is 0 Å². The molecule has 0 amide bonds. The van der Waals surface area contributed by atoms with Crippen LogP contribution in [0.3, 0.4) is 0 Å². The van der Waals surface area contributed by atoms with E-state index in [4.69, 9.17) is 4.74 Å². The van der Waals surface area contributed by atoms with Crippen molar-refractivity contribution in [1.29, 1.82) is 0 Å². The summed E-state index contributed by atoms with van der Waals surface area (Å²) in [5.74, 6) is 0.313. The van der Waals surface area contributed by atoms with Crippen molar-refractivity contribution in [3.05, 3.63) is 0 Å². The number of esters is 1. The van der Waals surface area contributed by atoms with Crippen LogP contribution in [0.1, 0.15) is 38.5 Å². The summed E-state index contributed by atoms with van der Waals surface area (Å²) in [6.07, 6.45) is 6.95. The van der Waals surface area contributed by atoms with E-state index in [0.717, 1.165) is 25.7 Å². The molecule has 0 aromatic carbocycles. The predicted octanol–water partition coefficient (Wildman–Crippen LogP) is 1.88. The zero-order chi connectivity index (χ0) is 7.68. The maximum Gasteiger partial charge on any atom is 0.309 e. The third-order valence-corrected chi connectivity index (χ3v) is 2.77. The second-order valence-electron chi connectivity index (χ2n) is 3.62. The third-order valence-electron chi connectivity index (χ3n) is 2.77. The first-order chi connectivity index (χ1) is 5.36. The first-order valence-electron chi connectivity index (χ1n) is 4.57. The lowest BCUT2D eigenvalue weighted by Crippen LogP contribution is -2.16. The Morgan fingerprint density at radius 2 is 1.73 bits per heavy atom. The van der Waals surface area contributed by atoms with Crippen LogP contribution < -0.4 is 0 Å². The number of carbonyl (C=O) groups excluding carboxylic acids is 1.